The van der Waals surface area contributed by atoms with Gasteiger partial charge in [0.25, 0.3) is 0 Å². The fraction of sp³-hybridized carbons (Fsp3) is 0.458. The van der Waals surface area contributed by atoms with Gasteiger partial charge in [-0.05, 0) is 68.1 Å². The summed E-state index contributed by atoms with van der Waals surface area (Å²) in [6.07, 6.45) is 1.54. The van der Waals surface area contributed by atoms with Gasteiger partial charge in [0.05, 0.1) is 4.90 Å². The van der Waals surface area contributed by atoms with Crippen molar-refractivity contribution < 1.29 is 22.8 Å². The van der Waals surface area contributed by atoms with Crippen LogP contribution in [0.5, 0.6) is 0 Å². The highest BCUT2D eigenvalue weighted by Crippen LogP contribution is 2.25. The standard InChI is InChI=1S/C24H28ClN3O5S/c1-15(23(30)27-10-7-17(8-11-27)16(2)29)28-12-9-22(24(28)31)26-34(32,33)21-6-4-18-13-20(25)5-3-19(18)14-21/h3-6,13-15,17,22,26H,7-12H2,1-2H3/t15-,22?/m0/s1. The minimum absolute atomic E-state index is 0.0151. The molecule has 1 N–H and O–H groups in total. The van der Waals surface area contributed by atoms with Crippen LogP contribution in [0, 0.1) is 5.92 Å². The second-order valence-electron chi connectivity index (χ2n) is 9.03. The quantitative estimate of drug-likeness (QED) is 0.650. The number of nitrogens with zero attached hydrogens (tertiary/aromatic N) is 2. The second-order valence-corrected chi connectivity index (χ2v) is 11.2. The maximum Gasteiger partial charge on any atom is 0.245 e. The van der Waals surface area contributed by atoms with Crippen LogP contribution in [-0.4, -0.2) is 67.5 Å². The number of amides is 2. The number of fused-ring (bicyclic) bond motifs is 1. The molecule has 10 heteroatoms. The van der Waals surface area contributed by atoms with E-state index in [0.717, 1.165) is 10.8 Å². The van der Waals surface area contributed by atoms with E-state index in [1.165, 1.54) is 11.0 Å². The van der Waals surface area contributed by atoms with E-state index in [4.69, 9.17) is 11.6 Å². The first-order chi connectivity index (χ1) is 16.1. The van der Waals surface area contributed by atoms with E-state index in [2.05, 4.69) is 4.72 Å². The first-order valence-corrected chi connectivity index (χ1v) is 13.2. The van der Waals surface area contributed by atoms with Gasteiger partial charge in [-0.3, -0.25) is 14.4 Å². The van der Waals surface area contributed by atoms with E-state index < -0.39 is 28.0 Å². The summed E-state index contributed by atoms with van der Waals surface area (Å²) in [6, 6.07) is 8.26. The number of hydrogen-bond donors (Lipinski definition) is 1. The van der Waals surface area contributed by atoms with Gasteiger partial charge in [0.2, 0.25) is 21.8 Å². The van der Waals surface area contributed by atoms with Gasteiger partial charge in [-0.25, -0.2) is 8.42 Å². The molecule has 2 heterocycles. The topological polar surface area (TPSA) is 104 Å². The minimum atomic E-state index is -3.94. The summed E-state index contributed by atoms with van der Waals surface area (Å²) in [6.45, 7) is 4.50. The first-order valence-electron chi connectivity index (χ1n) is 11.4. The van der Waals surface area contributed by atoms with Gasteiger partial charge in [-0.1, -0.05) is 23.7 Å². The van der Waals surface area contributed by atoms with Crippen LogP contribution < -0.4 is 4.72 Å². The van der Waals surface area contributed by atoms with Crippen LogP contribution in [0.25, 0.3) is 10.8 Å². The van der Waals surface area contributed by atoms with Crippen LogP contribution in [0.2, 0.25) is 5.02 Å². The van der Waals surface area contributed by atoms with Crippen LogP contribution in [-0.2, 0) is 24.4 Å². The molecule has 2 aromatic carbocycles. The Morgan fingerprint density at radius 1 is 1.03 bits per heavy atom. The van der Waals surface area contributed by atoms with Crippen molar-refractivity contribution in [3.8, 4) is 0 Å². The third-order valence-electron chi connectivity index (χ3n) is 6.83. The number of carbonyl (C=O) groups is 3. The summed E-state index contributed by atoms with van der Waals surface area (Å²) in [5.41, 5.74) is 0. The zero-order valence-corrected chi connectivity index (χ0v) is 20.7. The summed E-state index contributed by atoms with van der Waals surface area (Å²) in [7, 11) is -3.94. The molecule has 2 saturated heterocycles. The summed E-state index contributed by atoms with van der Waals surface area (Å²) in [5, 5.41) is 2.10. The molecular weight excluding hydrogens is 478 g/mol. The summed E-state index contributed by atoms with van der Waals surface area (Å²) >= 11 is 5.99. The van der Waals surface area contributed by atoms with Crippen LogP contribution in [0.4, 0.5) is 0 Å². The van der Waals surface area contributed by atoms with Gasteiger partial charge in [-0.2, -0.15) is 4.72 Å². The Kier molecular flexibility index (Phi) is 6.98. The van der Waals surface area contributed by atoms with E-state index in [9.17, 15) is 22.8 Å². The van der Waals surface area contributed by atoms with Crippen molar-refractivity contribution in [1.82, 2.24) is 14.5 Å². The fourth-order valence-electron chi connectivity index (χ4n) is 4.72. The number of sulfonamides is 1. The molecule has 2 aromatic rings. The van der Waals surface area contributed by atoms with Gasteiger partial charge in [0.15, 0.2) is 0 Å². The Hall–Kier alpha value is -2.49. The molecule has 0 aromatic heterocycles. The number of halogens is 1. The summed E-state index contributed by atoms with van der Waals surface area (Å²) < 4.78 is 28.5. The van der Waals surface area contributed by atoms with Gasteiger partial charge >= 0.3 is 0 Å². The highest BCUT2D eigenvalue weighted by molar-refractivity contribution is 7.89. The summed E-state index contributed by atoms with van der Waals surface area (Å²) in [5.74, 6) is -0.457. The molecule has 0 spiro atoms. The predicted molar refractivity (Wildman–Crippen MR) is 129 cm³/mol. The Morgan fingerprint density at radius 3 is 2.35 bits per heavy atom. The zero-order valence-electron chi connectivity index (χ0n) is 19.2. The molecule has 2 amide bonds. The van der Waals surface area contributed by atoms with E-state index in [0.29, 0.717) is 37.5 Å². The molecule has 182 valence electrons. The molecule has 1 unspecified atom stereocenters. The van der Waals surface area contributed by atoms with Crippen molar-refractivity contribution in [2.75, 3.05) is 19.6 Å². The Balaban J connectivity index is 1.41. The number of benzene rings is 2. The molecule has 4 rings (SSSR count). The summed E-state index contributed by atoms with van der Waals surface area (Å²) in [4.78, 5) is 40.7. The highest BCUT2D eigenvalue weighted by Gasteiger charge is 2.40. The van der Waals surface area contributed by atoms with Crippen molar-refractivity contribution in [3.63, 3.8) is 0 Å². The van der Waals surface area contributed by atoms with Crippen LogP contribution in [0.1, 0.15) is 33.1 Å². The van der Waals surface area contributed by atoms with Crippen LogP contribution in [0.15, 0.2) is 41.3 Å². The average Bonchev–Trinajstić information content (AvgIpc) is 3.17. The van der Waals surface area contributed by atoms with Crippen molar-refractivity contribution >= 4 is 50.0 Å². The monoisotopic (exact) mass is 505 g/mol. The molecule has 8 nitrogen and oxygen atoms in total. The molecule has 2 fully saturated rings. The van der Waals surface area contributed by atoms with E-state index in [-0.39, 0.29) is 28.9 Å². The predicted octanol–water partition coefficient (Wildman–Crippen LogP) is 2.59. The molecule has 2 aliphatic rings. The van der Waals surface area contributed by atoms with Gasteiger partial charge in [0.1, 0.15) is 17.9 Å². The zero-order chi connectivity index (χ0) is 24.6. The Bertz CT molecular complexity index is 1240. The number of Topliss-reactive ketones (excluding diaryl/α,β-unsaturated/α-hetero) is 1. The molecule has 2 aliphatic heterocycles. The lowest BCUT2D eigenvalue weighted by Gasteiger charge is -2.35. The highest BCUT2D eigenvalue weighted by atomic mass is 35.5. The number of likely N-dealkylation sites (tertiary alicyclic amines) is 2. The largest absolute Gasteiger partial charge is 0.341 e. The molecule has 0 radical (unpaired) electrons. The van der Waals surface area contributed by atoms with Crippen molar-refractivity contribution in [2.24, 2.45) is 5.92 Å². The van der Waals surface area contributed by atoms with Crippen molar-refractivity contribution in [1.29, 1.82) is 0 Å². The maximum atomic E-state index is 13.0. The fourth-order valence-corrected chi connectivity index (χ4v) is 6.16. The maximum absolute atomic E-state index is 13.0. The lowest BCUT2D eigenvalue weighted by molar-refractivity contribution is -0.144. The van der Waals surface area contributed by atoms with Gasteiger partial charge in [-0.15, -0.1) is 0 Å². The minimum Gasteiger partial charge on any atom is -0.341 e. The first kappa shape index (κ1) is 24.6. The van der Waals surface area contributed by atoms with E-state index in [1.807, 2.05) is 0 Å². The number of hydrogen-bond acceptors (Lipinski definition) is 5. The number of rotatable bonds is 6. The van der Waals surface area contributed by atoms with E-state index >= 15 is 0 Å². The number of nitrogens with one attached hydrogen (secondary N) is 1. The second kappa shape index (κ2) is 9.64. The Labute approximate surface area is 204 Å². The molecule has 0 aliphatic carbocycles. The molecule has 2 atom stereocenters. The van der Waals surface area contributed by atoms with Gasteiger partial charge in [0, 0.05) is 30.6 Å². The number of piperidine rings is 1. The Morgan fingerprint density at radius 2 is 1.68 bits per heavy atom. The number of carbonyl (C=O) groups excluding carboxylic acids is 3. The molecule has 0 bridgehead atoms. The third kappa shape index (κ3) is 4.96. The van der Waals surface area contributed by atoms with E-state index in [1.54, 1.807) is 49.1 Å². The SMILES string of the molecule is CC(=O)C1CCN(C(=O)[C@H](C)N2CCC(NS(=O)(=O)c3ccc4cc(Cl)ccc4c3)C2=O)CC1. The van der Waals surface area contributed by atoms with Crippen molar-refractivity contribution in [3.05, 3.63) is 41.4 Å². The molecule has 34 heavy (non-hydrogen) atoms. The van der Waals surface area contributed by atoms with Crippen molar-refractivity contribution in [2.45, 2.75) is 50.1 Å². The normalized spacial score (nSPS) is 20.7. The lowest BCUT2D eigenvalue weighted by Crippen LogP contribution is -2.52. The number of ketones is 1. The van der Waals surface area contributed by atoms with Gasteiger partial charge < -0.3 is 9.80 Å². The molecule has 0 saturated carbocycles. The molecular formula is C24H28ClN3O5S. The lowest BCUT2D eigenvalue weighted by atomic mass is 9.93. The smallest absolute Gasteiger partial charge is 0.245 e. The van der Waals surface area contributed by atoms with Crippen LogP contribution in [0.3, 0.4) is 0 Å². The van der Waals surface area contributed by atoms with Crippen LogP contribution >= 0.6 is 11.6 Å². The average molecular weight is 506 g/mol. The third-order valence-corrected chi connectivity index (χ3v) is 8.53.